The SMILES string of the molecule is CC(C)(C)OC(=O)/N=C1\C=CC(=O)N=C1. The maximum atomic E-state index is 11.2. The average molecular weight is 208 g/mol. The summed E-state index contributed by atoms with van der Waals surface area (Å²) >= 11 is 0. The van der Waals surface area contributed by atoms with Crippen molar-refractivity contribution in [3.8, 4) is 0 Å². The number of carbonyl (C=O) groups is 2. The summed E-state index contributed by atoms with van der Waals surface area (Å²) in [6.45, 7) is 5.25. The van der Waals surface area contributed by atoms with Gasteiger partial charge in [0.05, 0.1) is 11.9 Å². The van der Waals surface area contributed by atoms with Crippen LogP contribution in [0.3, 0.4) is 0 Å². The van der Waals surface area contributed by atoms with E-state index in [1.54, 1.807) is 20.8 Å². The topological polar surface area (TPSA) is 68.1 Å². The van der Waals surface area contributed by atoms with Gasteiger partial charge in [0.25, 0.3) is 5.91 Å². The molecule has 0 unspecified atom stereocenters. The molecule has 0 radical (unpaired) electrons. The van der Waals surface area contributed by atoms with Crippen LogP contribution in [-0.4, -0.2) is 29.5 Å². The average Bonchev–Trinajstić information content (AvgIpc) is 2.05. The van der Waals surface area contributed by atoms with E-state index in [4.69, 9.17) is 4.74 Å². The van der Waals surface area contributed by atoms with Crippen LogP contribution < -0.4 is 0 Å². The van der Waals surface area contributed by atoms with Gasteiger partial charge in [0.1, 0.15) is 5.60 Å². The van der Waals surface area contributed by atoms with Crippen LogP contribution in [0.25, 0.3) is 0 Å². The first kappa shape index (κ1) is 11.3. The van der Waals surface area contributed by atoms with Crippen molar-refractivity contribution in [1.82, 2.24) is 0 Å². The molecule has 0 bridgehead atoms. The molecule has 0 saturated carbocycles. The number of carbonyl (C=O) groups excluding carboxylic acids is 2. The van der Waals surface area contributed by atoms with Crippen molar-refractivity contribution in [2.24, 2.45) is 9.98 Å². The van der Waals surface area contributed by atoms with E-state index in [-0.39, 0.29) is 5.91 Å². The van der Waals surface area contributed by atoms with Crippen molar-refractivity contribution in [3.63, 3.8) is 0 Å². The van der Waals surface area contributed by atoms with E-state index in [2.05, 4.69) is 9.98 Å². The zero-order valence-electron chi connectivity index (χ0n) is 8.85. The molecule has 15 heavy (non-hydrogen) atoms. The summed E-state index contributed by atoms with van der Waals surface area (Å²) in [5, 5.41) is 0. The van der Waals surface area contributed by atoms with Crippen molar-refractivity contribution in [2.45, 2.75) is 26.4 Å². The van der Waals surface area contributed by atoms with Gasteiger partial charge < -0.3 is 4.74 Å². The standard InChI is InChI=1S/C10H12N2O3/c1-10(2,3)15-9(14)12-7-4-5-8(13)11-6-7/h4-6H,1-3H3/b12-7+. The minimum Gasteiger partial charge on any atom is -0.442 e. The maximum Gasteiger partial charge on any atom is 0.434 e. The highest BCUT2D eigenvalue weighted by Gasteiger charge is 2.16. The third-order valence-electron chi connectivity index (χ3n) is 1.33. The smallest absolute Gasteiger partial charge is 0.434 e. The monoisotopic (exact) mass is 208 g/mol. The molecule has 1 aliphatic heterocycles. The zero-order valence-corrected chi connectivity index (χ0v) is 8.85. The molecule has 5 heteroatoms. The van der Waals surface area contributed by atoms with Crippen molar-refractivity contribution in [2.75, 3.05) is 0 Å². The molecule has 0 atom stereocenters. The van der Waals surface area contributed by atoms with Crippen molar-refractivity contribution < 1.29 is 14.3 Å². The number of nitrogens with zero attached hydrogens (tertiary/aromatic N) is 2. The maximum absolute atomic E-state index is 11.2. The van der Waals surface area contributed by atoms with Gasteiger partial charge in [0.2, 0.25) is 0 Å². The normalized spacial score (nSPS) is 18.3. The molecule has 0 aromatic heterocycles. The summed E-state index contributed by atoms with van der Waals surface area (Å²) in [6, 6.07) is 0. The first-order valence-corrected chi connectivity index (χ1v) is 4.44. The van der Waals surface area contributed by atoms with E-state index in [1.165, 1.54) is 18.4 Å². The lowest BCUT2D eigenvalue weighted by Gasteiger charge is -2.17. The lowest BCUT2D eigenvalue weighted by molar-refractivity contribution is -0.113. The number of hydrogen-bond donors (Lipinski definition) is 0. The van der Waals surface area contributed by atoms with Gasteiger partial charge in [-0.15, -0.1) is 0 Å². The van der Waals surface area contributed by atoms with Crippen LogP contribution in [0.4, 0.5) is 4.79 Å². The predicted molar refractivity (Wildman–Crippen MR) is 56.3 cm³/mol. The molecular weight excluding hydrogens is 196 g/mol. The Kier molecular flexibility index (Phi) is 3.14. The molecule has 0 N–H and O–H groups in total. The number of ether oxygens (including phenoxy) is 1. The molecule has 80 valence electrons. The van der Waals surface area contributed by atoms with Gasteiger partial charge in [-0.3, -0.25) is 4.79 Å². The van der Waals surface area contributed by atoms with Crippen LogP contribution in [0.1, 0.15) is 20.8 Å². The zero-order chi connectivity index (χ0) is 11.5. The molecule has 0 saturated heterocycles. The Morgan fingerprint density at radius 3 is 2.53 bits per heavy atom. The van der Waals surface area contributed by atoms with Crippen molar-refractivity contribution in [3.05, 3.63) is 12.2 Å². The van der Waals surface area contributed by atoms with Crippen molar-refractivity contribution in [1.29, 1.82) is 0 Å². The number of dihydropyridines is 1. The fourth-order valence-electron chi connectivity index (χ4n) is 0.829. The van der Waals surface area contributed by atoms with Gasteiger partial charge in [-0.05, 0) is 26.8 Å². The van der Waals surface area contributed by atoms with Crippen LogP contribution in [0.5, 0.6) is 0 Å². The van der Waals surface area contributed by atoms with Gasteiger partial charge >= 0.3 is 6.09 Å². The summed E-state index contributed by atoms with van der Waals surface area (Å²) < 4.78 is 4.96. The number of hydrogen-bond acceptors (Lipinski definition) is 3. The van der Waals surface area contributed by atoms with Crippen LogP contribution in [-0.2, 0) is 9.53 Å². The number of rotatable bonds is 0. The molecule has 2 amide bonds. The molecule has 0 aliphatic carbocycles. The molecule has 1 rings (SSSR count). The van der Waals surface area contributed by atoms with Crippen LogP contribution in [0, 0.1) is 0 Å². The quantitative estimate of drug-likeness (QED) is 0.606. The second-order valence-electron chi connectivity index (χ2n) is 3.95. The van der Waals surface area contributed by atoms with Crippen LogP contribution in [0.2, 0.25) is 0 Å². The van der Waals surface area contributed by atoms with E-state index in [0.29, 0.717) is 5.71 Å². The Balaban J connectivity index is 2.65. The van der Waals surface area contributed by atoms with Gasteiger partial charge in [0, 0.05) is 6.08 Å². The van der Waals surface area contributed by atoms with Crippen LogP contribution >= 0.6 is 0 Å². The Hall–Kier alpha value is -1.78. The molecular formula is C10H12N2O3. The molecule has 5 nitrogen and oxygen atoms in total. The first-order valence-electron chi connectivity index (χ1n) is 4.44. The molecule has 1 aliphatic rings. The lowest BCUT2D eigenvalue weighted by atomic mass is 10.2. The largest absolute Gasteiger partial charge is 0.442 e. The molecule has 1 heterocycles. The van der Waals surface area contributed by atoms with Gasteiger partial charge in [-0.2, -0.15) is 4.99 Å². The number of aliphatic imine (C=N–C) groups is 2. The minimum atomic E-state index is -0.692. The summed E-state index contributed by atoms with van der Waals surface area (Å²) in [5.41, 5.74) is -0.268. The van der Waals surface area contributed by atoms with E-state index in [9.17, 15) is 9.59 Å². The molecule has 0 aromatic rings. The van der Waals surface area contributed by atoms with Crippen molar-refractivity contribution >= 4 is 23.9 Å². The number of amides is 2. The molecule has 0 fully saturated rings. The first-order chi connectivity index (χ1) is 6.87. The highest BCUT2D eigenvalue weighted by molar-refractivity contribution is 6.41. The predicted octanol–water partition coefficient (Wildman–Crippen LogP) is 1.53. The Labute approximate surface area is 87.6 Å². The lowest BCUT2D eigenvalue weighted by Crippen LogP contribution is -2.22. The van der Waals surface area contributed by atoms with E-state index in [0.717, 1.165) is 0 Å². The Bertz CT molecular complexity index is 355. The third kappa shape index (κ3) is 4.30. The highest BCUT2D eigenvalue weighted by Crippen LogP contribution is 2.08. The Morgan fingerprint density at radius 1 is 1.40 bits per heavy atom. The highest BCUT2D eigenvalue weighted by atomic mass is 16.6. The summed E-state index contributed by atoms with van der Waals surface area (Å²) in [5.74, 6) is -0.363. The van der Waals surface area contributed by atoms with Gasteiger partial charge in [0.15, 0.2) is 0 Å². The summed E-state index contributed by atoms with van der Waals surface area (Å²) in [6.07, 6.45) is 3.19. The second-order valence-corrected chi connectivity index (χ2v) is 3.95. The van der Waals surface area contributed by atoms with Crippen LogP contribution in [0.15, 0.2) is 22.1 Å². The summed E-state index contributed by atoms with van der Waals surface area (Å²) in [4.78, 5) is 29.0. The fourth-order valence-corrected chi connectivity index (χ4v) is 0.829. The minimum absolute atomic E-state index is 0.309. The third-order valence-corrected chi connectivity index (χ3v) is 1.33. The van der Waals surface area contributed by atoms with E-state index in [1.807, 2.05) is 0 Å². The van der Waals surface area contributed by atoms with Gasteiger partial charge in [-0.1, -0.05) is 0 Å². The Morgan fingerprint density at radius 2 is 2.07 bits per heavy atom. The fraction of sp³-hybridized carbons (Fsp3) is 0.400. The van der Waals surface area contributed by atoms with E-state index < -0.39 is 11.7 Å². The molecule has 0 aromatic carbocycles. The molecule has 0 spiro atoms. The van der Waals surface area contributed by atoms with E-state index >= 15 is 0 Å². The second kappa shape index (κ2) is 4.16. The number of allylic oxidation sites excluding steroid dienone is 1. The van der Waals surface area contributed by atoms with Gasteiger partial charge in [-0.25, -0.2) is 9.79 Å². The summed E-state index contributed by atoms with van der Waals surface area (Å²) in [7, 11) is 0.